The summed E-state index contributed by atoms with van der Waals surface area (Å²) in [6.45, 7) is 6.26. The summed E-state index contributed by atoms with van der Waals surface area (Å²) in [5, 5.41) is 8.92. The highest BCUT2D eigenvalue weighted by molar-refractivity contribution is 5.82. The van der Waals surface area contributed by atoms with Crippen molar-refractivity contribution in [2.24, 2.45) is 0 Å². The molecule has 2 unspecified atom stereocenters. The molecule has 0 saturated carbocycles. The van der Waals surface area contributed by atoms with E-state index < -0.39 is 12.1 Å². The first-order valence-corrected chi connectivity index (χ1v) is 28.1. The Hall–Kier alpha value is -3.75. The van der Waals surface area contributed by atoms with E-state index in [0.29, 0.717) is 6.42 Å². The van der Waals surface area contributed by atoms with Crippen LogP contribution in [0.5, 0.6) is 0 Å². The van der Waals surface area contributed by atoms with E-state index in [9.17, 15) is 14.4 Å². The Labute approximate surface area is 423 Å². The molecule has 8 heteroatoms. The molecule has 0 aromatic rings. The summed E-state index contributed by atoms with van der Waals surface area (Å²) in [6, 6.07) is 0. The van der Waals surface area contributed by atoms with Gasteiger partial charge >= 0.3 is 17.9 Å². The fourth-order valence-corrected chi connectivity index (χ4v) is 7.73. The fraction of sp³-hybridized carbons (Fsp3) is 0.689. The number of hydrogen-bond acceptors (Lipinski definition) is 8. The van der Waals surface area contributed by atoms with E-state index in [0.717, 1.165) is 116 Å². The molecule has 0 amide bonds. The molecule has 0 saturated heterocycles. The zero-order valence-electron chi connectivity index (χ0n) is 44.4. The largest absolute Gasteiger partial charge is 0.462 e. The van der Waals surface area contributed by atoms with Crippen LogP contribution in [0, 0.1) is 0 Å². The van der Waals surface area contributed by atoms with Gasteiger partial charge in [-0.15, -0.1) is 0 Å². The quantitative estimate of drug-likeness (QED) is 0.00939. The Balaban J connectivity index is 4.64. The molecule has 2 atom stereocenters. The first-order valence-electron chi connectivity index (χ1n) is 28.1. The van der Waals surface area contributed by atoms with Gasteiger partial charge in [0, 0.05) is 18.9 Å². The lowest BCUT2D eigenvalue weighted by atomic mass is 10.1. The van der Waals surface area contributed by atoms with Crippen molar-refractivity contribution in [1.29, 1.82) is 0 Å². The highest BCUT2D eigenvalue weighted by Crippen LogP contribution is 2.15. The normalized spacial score (nSPS) is 13.3. The Bertz CT molecular complexity index is 1400. The lowest BCUT2D eigenvalue weighted by molar-refractivity contribution is -0.281. The molecular weight excluding hydrogens is 861 g/mol. The summed E-state index contributed by atoms with van der Waals surface area (Å²) < 4.78 is 16.6. The maximum Gasteiger partial charge on any atom is 0.330 e. The minimum atomic E-state index is -0.867. The number of unbranched alkanes of at least 4 members (excludes halogenated alkanes) is 25. The monoisotopic (exact) mass is 963 g/mol. The van der Waals surface area contributed by atoms with Gasteiger partial charge in [0.25, 0.3) is 0 Å². The zero-order chi connectivity index (χ0) is 50.2. The van der Waals surface area contributed by atoms with E-state index in [-0.39, 0.29) is 37.7 Å². The topological polar surface area (TPSA) is 108 Å². The third-order valence-corrected chi connectivity index (χ3v) is 12.0. The first-order chi connectivity index (χ1) is 34.0. The van der Waals surface area contributed by atoms with Crippen molar-refractivity contribution in [2.75, 3.05) is 13.2 Å². The zero-order valence-corrected chi connectivity index (χ0v) is 44.4. The third-order valence-electron chi connectivity index (χ3n) is 12.0. The van der Waals surface area contributed by atoms with Crippen LogP contribution < -0.4 is 0 Å². The second-order valence-electron chi connectivity index (χ2n) is 18.6. The van der Waals surface area contributed by atoms with Gasteiger partial charge < -0.3 is 14.2 Å². The molecule has 0 aliphatic rings. The van der Waals surface area contributed by atoms with Gasteiger partial charge in [-0.25, -0.2) is 9.68 Å². The van der Waals surface area contributed by atoms with Crippen molar-refractivity contribution < 1.29 is 38.7 Å². The van der Waals surface area contributed by atoms with Crippen molar-refractivity contribution in [3.05, 3.63) is 97.2 Å². The molecule has 0 fully saturated rings. The minimum absolute atomic E-state index is 0.0324. The van der Waals surface area contributed by atoms with E-state index >= 15 is 0 Å². The standard InChI is InChI=1S/C61H102O8/c1-4-7-9-11-13-15-17-19-22-27-31-35-39-43-47-52-59(62)66-55-58(68-61(64)54-49-45-41-37-33-29-23-20-18-16-14-12-10-8-5-2)56-67-60(63)53-48-44-40-36-32-28-25-21-24-26-30-34-38-42-46-51-57(69-65)50-6-3/h19-26,28,30,32,36,40,44,48,53,57-58,65H,4-18,27,29,31,33-35,37-39,41-43,45-47,49-52,54-56H2,1-3H3/b22-19-,23-20-,24-21?,28-25?,30-26?,36-32?,44-40?,53-48?. The number of allylic oxidation sites excluding steroid dienone is 15. The van der Waals surface area contributed by atoms with Crippen LogP contribution in [0.4, 0.5) is 0 Å². The predicted molar refractivity (Wildman–Crippen MR) is 291 cm³/mol. The van der Waals surface area contributed by atoms with Gasteiger partial charge in [0.05, 0.1) is 6.10 Å². The minimum Gasteiger partial charge on any atom is -0.462 e. The lowest BCUT2D eigenvalue weighted by Crippen LogP contribution is -2.30. The van der Waals surface area contributed by atoms with Crippen molar-refractivity contribution in [2.45, 2.75) is 258 Å². The number of hydrogen-bond donors (Lipinski definition) is 1. The predicted octanol–water partition coefficient (Wildman–Crippen LogP) is 18.0. The van der Waals surface area contributed by atoms with Crippen LogP contribution in [0.1, 0.15) is 245 Å². The SMILES string of the molecule is CCCCCCCC/C=C\CCCCCCCC(=O)OCC(COC(=O)C=CC=CC=CC=CC=CC=CCCCCCC(CCC)OO)OC(=O)CCCCCCC/C=C\CCCCCCCC. The molecule has 0 rings (SSSR count). The average Bonchev–Trinajstić information content (AvgIpc) is 3.35. The van der Waals surface area contributed by atoms with Gasteiger partial charge in [0.2, 0.25) is 0 Å². The highest BCUT2D eigenvalue weighted by atomic mass is 17.1. The Kier molecular flexibility index (Phi) is 52.2. The highest BCUT2D eigenvalue weighted by Gasteiger charge is 2.19. The Morgan fingerprint density at radius 2 is 0.768 bits per heavy atom. The summed E-state index contributed by atoms with van der Waals surface area (Å²) in [5.41, 5.74) is 0. The van der Waals surface area contributed by atoms with Crippen LogP contribution in [0.3, 0.4) is 0 Å². The number of carbonyl (C=O) groups excluding carboxylic acids is 3. The lowest BCUT2D eigenvalue weighted by Gasteiger charge is -2.18. The van der Waals surface area contributed by atoms with Crippen molar-refractivity contribution in [1.82, 2.24) is 0 Å². The third kappa shape index (κ3) is 51.9. The molecule has 1 N–H and O–H groups in total. The van der Waals surface area contributed by atoms with Gasteiger partial charge in [-0.3, -0.25) is 14.8 Å². The number of rotatable bonds is 50. The van der Waals surface area contributed by atoms with Crippen molar-refractivity contribution >= 4 is 17.9 Å². The molecule has 0 aliphatic heterocycles. The molecule has 0 aliphatic carbocycles. The van der Waals surface area contributed by atoms with Gasteiger partial charge in [0.15, 0.2) is 6.10 Å². The van der Waals surface area contributed by atoms with Crippen molar-refractivity contribution in [3.8, 4) is 0 Å². The maximum absolute atomic E-state index is 12.8. The van der Waals surface area contributed by atoms with Crippen molar-refractivity contribution in [3.63, 3.8) is 0 Å². The maximum atomic E-state index is 12.8. The first kappa shape index (κ1) is 65.2. The van der Waals surface area contributed by atoms with Gasteiger partial charge in [-0.1, -0.05) is 234 Å². The average molecular weight is 963 g/mol. The van der Waals surface area contributed by atoms with E-state index in [1.807, 2.05) is 42.5 Å². The van der Waals surface area contributed by atoms with Crippen LogP contribution in [0.15, 0.2) is 97.2 Å². The summed E-state index contributed by atoms with van der Waals surface area (Å²) in [4.78, 5) is 42.5. The molecule has 0 aromatic carbocycles. The molecule has 0 spiro atoms. The van der Waals surface area contributed by atoms with Gasteiger partial charge in [-0.2, -0.15) is 0 Å². The molecule has 394 valence electrons. The van der Waals surface area contributed by atoms with Gasteiger partial charge in [-0.05, 0) is 89.9 Å². The van der Waals surface area contributed by atoms with Crippen LogP contribution >= 0.6 is 0 Å². The van der Waals surface area contributed by atoms with E-state index in [2.05, 4.69) is 62.1 Å². The van der Waals surface area contributed by atoms with Gasteiger partial charge in [0.1, 0.15) is 13.2 Å². The molecule has 0 bridgehead atoms. The second-order valence-corrected chi connectivity index (χ2v) is 18.6. The van der Waals surface area contributed by atoms with Crippen LogP contribution in [-0.2, 0) is 33.5 Å². The van der Waals surface area contributed by atoms with E-state index in [1.165, 1.54) is 102 Å². The van der Waals surface area contributed by atoms with Crippen LogP contribution in [0.25, 0.3) is 0 Å². The molecule has 0 radical (unpaired) electrons. The second kappa shape index (κ2) is 55.2. The molecular formula is C61H102O8. The van der Waals surface area contributed by atoms with E-state index in [4.69, 9.17) is 19.5 Å². The molecule has 8 nitrogen and oxygen atoms in total. The number of esters is 3. The van der Waals surface area contributed by atoms with E-state index in [1.54, 1.807) is 12.2 Å². The molecule has 0 heterocycles. The Morgan fingerprint density at radius 3 is 1.25 bits per heavy atom. The number of ether oxygens (including phenoxy) is 3. The Morgan fingerprint density at radius 1 is 0.377 bits per heavy atom. The summed E-state index contributed by atoms with van der Waals surface area (Å²) in [6.07, 6.45) is 69.2. The van der Waals surface area contributed by atoms with Crippen LogP contribution in [-0.4, -0.2) is 48.6 Å². The number of carbonyl (C=O) groups is 3. The summed E-state index contributed by atoms with van der Waals surface area (Å²) >= 11 is 0. The summed E-state index contributed by atoms with van der Waals surface area (Å²) in [7, 11) is 0. The van der Waals surface area contributed by atoms with Crippen LogP contribution in [0.2, 0.25) is 0 Å². The molecule has 69 heavy (non-hydrogen) atoms. The fourth-order valence-electron chi connectivity index (χ4n) is 7.73. The summed E-state index contributed by atoms with van der Waals surface area (Å²) in [5.74, 6) is -1.28. The smallest absolute Gasteiger partial charge is 0.330 e. The molecule has 0 aromatic heterocycles.